The van der Waals surface area contributed by atoms with Crippen molar-refractivity contribution < 1.29 is 23.0 Å². The van der Waals surface area contributed by atoms with Crippen molar-refractivity contribution in [2.24, 2.45) is 0 Å². The zero-order valence-electron chi connectivity index (χ0n) is 14.3. The van der Waals surface area contributed by atoms with Crippen molar-refractivity contribution in [1.29, 1.82) is 0 Å². The zero-order valence-corrected chi connectivity index (χ0v) is 12.2. The summed E-state index contributed by atoms with van der Waals surface area (Å²) in [4.78, 5) is 22.8. The van der Waals surface area contributed by atoms with Crippen LogP contribution in [0.25, 0.3) is 10.9 Å². The Labute approximate surface area is 127 Å². The number of hydrogen-bond donors (Lipinski definition) is 3. The SMILES string of the molecule is [2H]C([2H])([2H])N1CCC(c2c[nH]c3cccc(OP(=O)(O)O)c23)CC1. The molecule has 1 aromatic heterocycles. The molecule has 2 heterocycles. The van der Waals surface area contributed by atoms with Gasteiger partial charge < -0.3 is 14.4 Å². The summed E-state index contributed by atoms with van der Waals surface area (Å²) in [6.45, 7) is -1.18. The number of aromatic amines is 1. The van der Waals surface area contributed by atoms with Crippen LogP contribution in [0.15, 0.2) is 24.4 Å². The topological polar surface area (TPSA) is 85.8 Å². The van der Waals surface area contributed by atoms with E-state index in [1.54, 1.807) is 6.07 Å². The number of fused-ring (bicyclic) bond motifs is 1. The second-order valence-corrected chi connectivity index (χ2v) is 6.43. The zero-order chi connectivity index (χ0) is 17.5. The van der Waals surface area contributed by atoms with Crippen molar-refractivity contribution >= 4 is 18.7 Å². The van der Waals surface area contributed by atoms with Gasteiger partial charge in [0.05, 0.1) is 0 Å². The number of phosphoric ester groups is 1. The maximum atomic E-state index is 11.2. The molecule has 1 aliphatic rings. The van der Waals surface area contributed by atoms with Crippen molar-refractivity contribution in [3.8, 4) is 5.75 Å². The van der Waals surface area contributed by atoms with Crippen molar-refractivity contribution in [1.82, 2.24) is 9.88 Å². The number of rotatable bonds is 3. The van der Waals surface area contributed by atoms with E-state index in [4.69, 9.17) is 18.4 Å². The van der Waals surface area contributed by atoms with E-state index in [2.05, 4.69) is 4.98 Å². The molecule has 6 nitrogen and oxygen atoms in total. The lowest BCUT2D eigenvalue weighted by molar-refractivity contribution is 0.256. The van der Waals surface area contributed by atoms with E-state index < -0.39 is 14.8 Å². The third kappa shape index (κ3) is 3.14. The molecule has 1 aliphatic heterocycles. The second kappa shape index (κ2) is 5.46. The van der Waals surface area contributed by atoms with Crippen molar-refractivity contribution in [2.45, 2.75) is 18.8 Å². The molecule has 0 spiro atoms. The Morgan fingerprint density at radius 1 is 1.43 bits per heavy atom. The highest BCUT2D eigenvalue weighted by Gasteiger charge is 2.25. The van der Waals surface area contributed by atoms with Crippen LogP contribution in [0, 0.1) is 0 Å². The minimum atomic E-state index is -4.66. The van der Waals surface area contributed by atoms with Gasteiger partial charge in [-0.15, -0.1) is 0 Å². The van der Waals surface area contributed by atoms with Gasteiger partial charge in [0, 0.05) is 21.2 Å². The quantitative estimate of drug-likeness (QED) is 0.758. The lowest BCUT2D eigenvalue weighted by atomic mass is 9.89. The van der Waals surface area contributed by atoms with Gasteiger partial charge in [0.1, 0.15) is 5.75 Å². The molecule has 114 valence electrons. The van der Waals surface area contributed by atoms with Gasteiger partial charge in [0.15, 0.2) is 0 Å². The van der Waals surface area contributed by atoms with E-state index in [0.29, 0.717) is 31.3 Å². The summed E-state index contributed by atoms with van der Waals surface area (Å²) < 4.78 is 38.5. The first-order chi connectivity index (χ1) is 11.1. The van der Waals surface area contributed by atoms with Crippen LogP contribution >= 0.6 is 7.82 Å². The van der Waals surface area contributed by atoms with Crippen LogP contribution in [0.3, 0.4) is 0 Å². The average Bonchev–Trinajstić information content (AvgIpc) is 2.90. The van der Waals surface area contributed by atoms with E-state index in [1.807, 2.05) is 12.3 Å². The number of piperidine rings is 1. The van der Waals surface area contributed by atoms with E-state index in [0.717, 1.165) is 11.1 Å². The Bertz CT molecular complexity index is 778. The molecule has 0 bridgehead atoms. The highest BCUT2D eigenvalue weighted by molar-refractivity contribution is 7.46. The highest BCUT2D eigenvalue weighted by atomic mass is 31.2. The van der Waals surface area contributed by atoms with Gasteiger partial charge in [-0.05, 0) is 56.5 Å². The van der Waals surface area contributed by atoms with Crippen molar-refractivity contribution in [3.63, 3.8) is 0 Å². The Hall–Kier alpha value is -1.33. The maximum Gasteiger partial charge on any atom is 0.524 e. The smallest absolute Gasteiger partial charge is 0.404 e. The average molecular weight is 313 g/mol. The summed E-state index contributed by atoms with van der Waals surface area (Å²) >= 11 is 0. The molecule has 1 fully saturated rings. The van der Waals surface area contributed by atoms with Crippen LogP contribution < -0.4 is 4.52 Å². The van der Waals surface area contributed by atoms with Crippen molar-refractivity contribution in [3.05, 3.63) is 30.0 Å². The molecular weight excluding hydrogens is 291 g/mol. The monoisotopic (exact) mass is 313 g/mol. The Balaban J connectivity index is 1.90. The van der Waals surface area contributed by atoms with Crippen LogP contribution in [0.2, 0.25) is 0 Å². The maximum absolute atomic E-state index is 11.2. The van der Waals surface area contributed by atoms with Gasteiger partial charge in [0.25, 0.3) is 0 Å². The molecule has 0 radical (unpaired) electrons. The molecule has 0 unspecified atom stereocenters. The van der Waals surface area contributed by atoms with Crippen LogP contribution in [-0.2, 0) is 4.57 Å². The molecule has 2 aromatic rings. The Kier molecular flexibility index (Phi) is 2.93. The molecule has 0 atom stereocenters. The number of hydrogen-bond acceptors (Lipinski definition) is 3. The minimum absolute atomic E-state index is 0.110. The predicted octanol–water partition coefficient (Wildman–Crippen LogP) is 2.45. The van der Waals surface area contributed by atoms with E-state index in [1.165, 1.54) is 11.0 Å². The van der Waals surface area contributed by atoms with Crippen LogP contribution in [0.1, 0.15) is 28.4 Å². The molecule has 0 aliphatic carbocycles. The molecule has 21 heavy (non-hydrogen) atoms. The largest absolute Gasteiger partial charge is 0.524 e. The summed E-state index contributed by atoms with van der Waals surface area (Å²) in [5, 5.41) is 0.646. The number of likely N-dealkylation sites (tertiary alicyclic amines) is 1. The van der Waals surface area contributed by atoms with Crippen LogP contribution in [0.4, 0.5) is 0 Å². The fourth-order valence-electron chi connectivity index (χ4n) is 2.89. The number of H-pyrrole nitrogens is 1. The highest BCUT2D eigenvalue weighted by Crippen LogP contribution is 2.44. The third-order valence-electron chi connectivity index (χ3n) is 3.85. The lowest BCUT2D eigenvalue weighted by Crippen LogP contribution is -2.29. The minimum Gasteiger partial charge on any atom is -0.404 e. The Morgan fingerprint density at radius 2 is 2.19 bits per heavy atom. The number of aromatic nitrogens is 1. The number of phosphoric acid groups is 1. The summed E-state index contributed by atoms with van der Waals surface area (Å²) in [5.41, 5.74) is 1.63. The third-order valence-corrected chi connectivity index (χ3v) is 4.28. The van der Waals surface area contributed by atoms with Gasteiger partial charge in [-0.1, -0.05) is 6.07 Å². The van der Waals surface area contributed by atoms with E-state index >= 15 is 0 Å². The standard InChI is InChI=1S/C14H19N2O4P/c1-16-7-5-10(6-8-16)11-9-15-12-3-2-4-13(14(11)12)20-21(17,18)19/h2-4,9-10,15H,5-8H2,1H3,(H2,17,18,19)/i1D3. The summed E-state index contributed by atoms with van der Waals surface area (Å²) in [6, 6.07) is 4.99. The van der Waals surface area contributed by atoms with Gasteiger partial charge in [-0.25, -0.2) is 4.57 Å². The normalized spacial score (nSPS) is 21.0. The van der Waals surface area contributed by atoms with Crippen LogP contribution in [-0.4, -0.2) is 39.7 Å². The van der Waals surface area contributed by atoms with Gasteiger partial charge in [-0.3, -0.25) is 9.79 Å². The first-order valence-corrected chi connectivity index (χ1v) is 8.28. The molecule has 1 saturated heterocycles. The number of benzene rings is 1. The fraction of sp³-hybridized carbons (Fsp3) is 0.429. The summed E-state index contributed by atoms with van der Waals surface area (Å²) in [5.74, 6) is 0.245. The fourth-order valence-corrected chi connectivity index (χ4v) is 3.30. The predicted molar refractivity (Wildman–Crippen MR) is 80.4 cm³/mol. The van der Waals surface area contributed by atoms with E-state index in [-0.39, 0.29) is 11.7 Å². The van der Waals surface area contributed by atoms with Gasteiger partial charge in [-0.2, -0.15) is 0 Å². The van der Waals surface area contributed by atoms with Gasteiger partial charge in [0.2, 0.25) is 0 Å². The summed E-state index contributed by atoms with van der Waals surface area (Å²) in [6.07, 6.45) is 3.14. The van der Waals surface area contributed by atoms with Crippen molar-refractivity contribution in [2.75, 3.05) is 20.1 Å². The molecule has 3 rings (SSSR count). The molecular formula is C14H19N2O4P. The first kappa shape index (κ1) is 11.3. The molecule has 3 N–H and O–H groups in total. The van der Waals surface area contributed by atoms with E-state index in [9.17, 15) is 4.57 Å². The molecule has 1 aromatic carbocycles. The molecule has 0 amide bonds. The summed E-state index contributed by atoms with van der Waals surface area (Å²) in [7, 11) is -4.66. The molecule has 0 saturated carbocycles. The lowest BCUT2D eigenvalue weighted by Gasteiger charge is -2.29. The molecule has 7 heteroatoms. The Morgan fingerprint density at radius 3 is 2.86 bits per heavy atom. The van der Waals surface area contributed by atoms with Crippen LogP contribution in [0.5, 0.6) is 5.75 Å². The number of nitrogens with one attached hydrogen (secondary N) is 1. The second-order valence-electron chi connectivity index (χ2n) is 5.27. The first-order valence-electron chi connectivity index (χ1n) is 8.25. The van der Waals surface area contributed by atoms with Gasteiger partial charge >= 0.3 is 7.82 Å². The number of nitrogens with zero attached hydrogens (tertiary/aromatic N) is 1.